The van der Waals surface area contributed by atoms with Gasteiger partial charge in [-0.05, 0) is 18.9 Å². The van der Waals surface area contributed by atoms with Crippen molar-refractivity contribution in [3.05, 3.63) is 22.8 Å². The van der Waals surface area contributed by atoms with E-state index in [1.165, 1.54) is 0 Å². The van der Waals surface area contributed by atoms with E-state index in [-0.39, 0.29) is 11.1 Å². The van der Waals surface area contributed by atoms with E-state index in [0.717, 1.165) is 31.6 Å². The minimum absolute atomic E-state index is 0.0156. The summed E-state index contributed by atoms with van der Waals surface area (Å²) >= 11 is 11.7. The molecule has 100 valence electrons. The van der Waals surface area contributed by atoms with Crippen molar-refractivity contribution < 1.29 is 13.2 Å². The lowest BCUT2D eigenvalue weighted by Gasteiger charge is -2.25. The molecule has 1 fully saturated rings. The molecular formula is C11H11Cl2F3N2. The number of aromatic nitrogens is 1. The molecule has 1 atom stereocenters. The first-order chi connectivity index (χ1) is 8.43. The maximum atomic E-state index is 12.5. The largest absolute Gasteiger partial charge is 0.417 e. The number of pyridine rings is 1. The second-order valence-electron chi connectivity index (χ2n) is 4.17. The summed E-state index contributed by atoms with van der Waals surface area (Å²) in [7, 11) is 0. The molecule has 0 amide bonds. The molecule has 0 radical (unpaired) electrons. The predicted octanol–water partition coefficient (Wildman–Crippen LogP) is 3.96. The lowest BCUT2D eigenvalue weighted by atomic mass is 10.2. The van der Waals surface area contributed by atoms with E-state index in [9.17, 15) is 13.2 Å². The van der Waals surface area contributed by atoms with E-state index in [4.69, 9.17) is 23.2 Å². The van der Waals surface area contributed by atoms with Gasteiger partial charge >= 0.3 is 6.18 Å². The van der Waals surface area contributed by atoms with Crippen LogP contribution in [-0.4, -0.2) is 23.5 Å². The van der Waals surface area contributed by atoms with Crippen LogP contribution in [0.5, 0.6) is 0 Å². The third-order valence-corrected chi connectivity index (χ3v) is 3.61. The zero-order valence-electron chi connectivity index (χ0n) is 9.34. The molecule has 7 heteroatoms. The fraction of sp³-hybridized carbons (Fsp3) is 0.545. The van der Waals surface area contributed by atoms with Gasteiger partial charge < -0.3 is 4.90 Å². The minimum atomic E-state index is -4.42. The highest BCUT2D eigenvalue weighted by atomic mass is 35.5. The maximum absolute atomic E-state index is 12.5. The quantitative estimate of drug-likeness (QED) is 0.768. The molecule has 1 unspecified atom stereocenters. The normalized spacial score (nSPS) is 20.5. The van der Waals surface area contributed by atoms with Gasteiger partial charge in [0.15, 0.2) is 0 Å². The number of halogens is 5. The van der Waals surface area contributed by atoms with E-state index in [1.54, 1.807) is 0 Å². The van der Waals surface area contributed by atoms with Crippen molar-refractivity contribution in [3.8, 4) is 0 Å². The van der Waals surface area contributed by atoms with Crippen molar-refractivity contribution in [3.63, 3.8) is 0 Å². The molecular weight excluding hydrogens is 288 g/mol. The fourth-order valence-electron chi connectivity index (χ4n) is 2.07. The molecule has 2 nitrogen and oxygen atoms in total. The molecule has 1 aromatic heterocycles. The van der Waals surface area contributed by atoms with Crippen LogP contribution in [0.1, 0.15) is 18.4 Å². The van der Waals surface area contributed by atoms with Gasteiger partial charge in [-0.3, -0.25) is 0 Å². The van der Waals surface area contributed by atoms with E-state index in [0.29, 0.717) is 11.7 Å². The molecule has 2 rings (SSSR count). The van der Waals surface area contributed by atoms with Gasteiger partial charge in [0.05, 0.1) is 10.6 Å². The van der Waals surface area contributed by atoms with Crippen LogP contribution in [-0.2, 0) is 6.18 Å². The number of hydrogen-bond acceptors (Lipinski definition) is 2. The van der Waals surface area contributed by atoms with Crippen molar-refractivity contribution in [1.82, 2.24) is 4.98 Å². The topological polar surface area (TPSA) is 16.1 Å². The van der Waals surface area contributed by atoms with Gasteiger partial charge in [-0.25, -0.2) is 4.98 Å². The minimum Gasteiger partial charge on any atom is -0.351 e. The van der Waals surface area contributed by atoms with Crippen LogP contribution >= 0.6 is 23.2 Å². The summed E-state index contributed by atoms with van der Waals surface area (Å²) in [6.45, 7) is 0.718. The van der Waals surface area contributed by atoms with Crippen LogP contribution < -0.4 is 4.90 Å². The van der Waals surface area contributed by atoms with Crippen LogP contribution in [0.25, 0.3) is 0 Å². The summed E-state index contributed by atoms with van der Waals surface area (Å²) in [6, 6.07) is 1.00. The van der Waals surface area contributed by atoms with Crippen molar-refractivity contribution in [2.45, 2.75) is 25.1 Å². The Bertz CT molecular complexity index is 437. The number of nitrogens with zero attached hydrogens (tertiary/aromatic N) is 2. The second-order valence-corrected chi connectivity index (χ2v) is 4.89. The first kappa shape index (κ1) is 13.7. The van der Waals surface area contributed by atoms with Gasteiger partial charge in [0.1, 0.15) is 5.82 Å². The Morgan fingerprint density at radius 3 is 2.72 bits per heavy atom. The molecule has 18 heavy (non-hydrogen) atoms. The van der Waals surface area contributed by atoms with Gasteiger partial charge in [0.2, 0.25) is 0 Å². The van der Waals surface area contributed by atoms with Crippen LogP contribution in [0, 0.1) is 0 Å². The highest BCUT2D eigenvalue weighted by Crippen LogP contribution is 2.35. The standard InChI is InChI=1S/C11H11Cl2F3N2/c12-5-8-2-1-3-18(8)10-9(13)4-7(6-17-10)11(14,15)16/h4,6,8H,1-3,5H2. The second kappa shape index (κ2) is 5.13. The molecule has 1 aromatic rings. The highest BCUT2D eigenvalue weighted by molar-refractivity contribution is 6.33. The number of rotatable bonds is 2. The van der Waals surface area contributed by atoms with Gasteiger partial charge in [0.25, 0.3) is 0 Å². The number of anilines is 1. The molecule has 1 aliphatic heterocycles. The lowest BCUT2D eigenvalue weighted by Crippen LogP contribution is -2.31. The molecule has 2 heterocycles. The summed E-state index contributed by atoms with van der Waals surface area (Å²) in [5.41, 5.74) is -0.835. The Hall–Kier alpha value is -0.680. The summed E-state index contributed by atoms with van der Waals surface area (Å²) < 4.78 is 37.5. The van der Waals surface area contributed by atoms with Crippen LogP contribution in [0.3, 0.4) is 0 Å². The van der Waals surface area contributed by atoms with Crippen molar-refractivity contribution in [2.75, 3.05) is 17.3 Å². The predicted molar refractivity (Wildman–Crippen MR) is 65.3 cm³/mol. The maximum Gasteiger partial charge on any atom is 0.417 e. The molecule has 0 spiro atoms. The summed E-state index contributed by atoms with van der Waals surface area (Å²) in [6.07, 6.45) is -1.77. The van der Waals surface area contributed by atoms with Crippen LogP contribution in [0.2, 0.25) is 5.02 Å². The zero-order valence-corrected chi connectivity index (χ0v) is 10.9. The molecule has 0 saturated carbocycles. The molecule has 0 bridgehead atoms. The Morgan fingerprint density at radius 2 is 2.17 bits per heavy atom. The van der Waals surface area contributed by atoms with Gasteiger partial charge in [-0.15, -0.1) is 11.6 Å². The van der Waals surface area contributed by atoms with Gasteiger partial charge in [-0.1, -0.05) is 11.6 Å². The smallest absolute Gasteiger partial charge is 0.351 e. The Kier molecular flexibility index (Phi) is 3.92. The third-order valence-electron chi connectivity index (χ3n) is 2.98. The van der Waals surface area contributed by atoms with Crippen LogP contribution in [0.15, 0.2) is 12.3 Å². The first-order valence-corrected chi connectivity index (χ1v) is 6.40. The molecule has 0 aromatic carbocycles. The Balaban J connectivity index is 2.30. The fourth-order valence-corrected chi connectivity index (χ4v) is 2.67. The van der Waals surface area contributed by atoms with E-state index in [1.807, 2.05) is 4.90 Å². The monoisotopic (exact) mass is 298 g/mol. The molecule has 0 N–H and O–H groups in total. The van der Waals surface area contributed by atoms with Gasteiger partial charge in [-0.2, -0.15) is 13.2 Å². The first-order valence-electron chi connectivity index (χ1n) is 5.49. The summed E-state index contributed by atoms with van der Waals surface area (Å²) in [4.78, 5) is 5.71. The summed E-state index contributed by atoms with van der Waals surface area (Å²) in [5, 5.41) is 0.0156. The summed E-state index contributed by atoms with van der Waals surface area (Å²) in [5.74, 6) is 0.798. The van der Waals surface area contributed by atoms with Crippen molar-refractivity contribution >= 4 is 29.0 Å². The molecule has 1 saturated heterocycles. The Labute approximate surface area is 113 Å². The lowest BCUT2D eigenvalue weighted by molar-refractivity contribution is -0.137. The number of hydrogen-bond donors (Lipinski definition) is 0. The number of alkyl halides is 4. The van der Waals surface area contributed by atoms with Crippen LogP contribution in [0.4, 0.5) is 19.0 Å². The zero-order chi connectivity index (χ0) is 13.3. The molecule has 0 aliphatic carbocycles. The van der Waals surface area contributed by atoms with Gasteiger partial charge in [0, 0.05) is 24.7 Å². The van der Waals surface area contributed by atoms with E-state index >= 15 is 0 Å². The third kappa shape index (κ3) is 2.67. The Morgan fingerprint density at radius 1 is 1.44 bits per heavy atom. The molecule has 1 aliphatic rings. The SMILES string of the molecule is FC(F)(F)c1cnc(N2CCCC2CCl)c(Cl)c1. The van der Waals surface area contributed by atoms with Crippen molar-refractivity contribution in [2.24, 2.45) is 0 Å². The van der Waals surface area contributed by atoms with E-state index in [2.05, 4.69) is 4.98 Å². The van der Waals surface area contributed by atoms with Crippen molar-refractivity contribution in [1.29, 1.82) is 0 Å². The highest BCUT2D eigenvalue weighted by Gasteiger charge is 2.33. The average molecular weight is 299 g/mol. The average Bonchev–Trinajstić information content (AvgIpc) is 2.75. The van der Waals surface area contributed by atoms with E-state index < -0.39 is 11.7 Å².